The Balaban J connectivity index is 1.56. The molecule has 0 amide bonds. The minimum Gasteiger partial charge on any atom is -0.454 e. The predicted octanol–water partition coefficient (Wildman–Crippen LogP) is 2.81. The van der Waals surface area contributed by atoms with Crippen molar-refractivity contribution in [3.05, 3.63) is 75.8 Å². The summed E-state index contributed by atoms with van der Waals surface area (Å²) in [4.78, 5) is 33.4. The van der Waals surface area contributed by atoms with E-state index in [0.717, 1.165) is 15.4 Å². The van der Waals surface area contributed by atoms with Gasteiger partial charge in [0.25, 0.3) is 5.56 Å². The number of pyridine rings is 1. The molecule has 27 heavy (non-hydrogen) atoms. The topological polar surface area (TPSA) is 87.0 Å². The van der Waals surface area contributed by atoms with Crippen molar-refractivity contribution in [3.63, 3.8) is 0 Å². The Kier molecular flexibility index (Phi) is 4.47. The average molecular weight is 378 g/mol. The van der Waals surface area contributed by atoms with Crippen LogP contribution in [0, 0.1) is 0 Å². The Labute approximate surface area is 157 Å². The van der Waals surface area contributed by atoms with Gasteiger partial charge in [0, 0.05) is 24.0 Å². The zero-order valence-electron chi connectivity index (χ0n) is 14.3. The number of esters is 1. The van der Waals surface area contributed by atoms with Crippen LogP contribution in [0.5, 0.6) is 0 Å². The number of benzene rings is 1. The second-order valence-corrected chi connectivity index (χ2v) is 6.62. The van der Waals surface area contributed by atoms with Gasteiger partial charge in [-0.15, -0.1) is 11.3 Å². The van der Waals surface area contributed by atoms with Crippen LogP contribution in [0.1, 0.15) is 16.2 Å². The van der Waals surface area contributed by atoms with Crippen LogP contribution < -0.4 is 5.56 Å². The van der Waals surface area contributed by atoms with Gasteiger partial charge in [0.2, 0.25) is 0 Å². The molecule has 0 aliphatic heterocycles. The summed E-state index contributed by atoms with van der Waals surface area (Å²) in [7, 11) is 1.51. The number of carbonyl (C=O) groups excluding carboxylic acids is 1. The maximum Gasteiger partial charge on any atom is 0.359 e. The van der Waals surface area contributed by atoms with Crippen LogP contribution in [-0.2, 0) is 18.4 Å². The third-order valence-corrected chi connectivity index (χ3v) is 4.85. The second-order valence-electron chi connectivity index (χ2n) is 5.76. The van der Waals surface area contributed by atoms with Crippen molar-refractivity contribution in [2.24, 2.45) is 7.05 Å². The molecule has 1 aromatic carbocycles. The average Bonchev–Trinajstić information content (AvgIpc) is 3.19. The summed E-state index contributed by atoms with van der Waals surface area (Å²) in [6.07, 6.45) is 1.70. The molecule has 0 unspecified atom stereocenters. The lowest BCUT2D eigenvalue weighted by Gasteiger charge is -2.07. The molecule has 0 spiro atoms. The summed E-state index contributed by atoms with van der Waals surface area (Å²) in [6.45, 7) is 0.0149. The van der Waals surface area contributed by atoms with E-state index < -0.39 is 5.97 Å². The Morgan fingerprint density at radius 2 is 1.93 bits per heavy atom. The van der Waals surface area contributed by atoms with Crippen molar-refractivity contribution >= 4 is 28.1 Å². The zero-order valence-corrected chi connectivity index (χ0v) is 15.1. The van der Waals surface area contributed by atoms with Gasteiger partial charge in [-0.05, 0) is 18.2 Å². The monoisotopic (exact) mass is 378 g/mol. The summed E-state index contributed by atoms with van der Waals surface area (Å²) in [5.74, 6) is -0.603. The maximum absolute atomic E-state index is 12.5. The first kappa shape index (κ1) is 17.0. The molecule has 0 aliphatic carbocycles. The molecule has 0 atom stereocenters. The van der Waals surface area contributed by atoms with E-state index in [1.807, 2.05) is 23.6 Å². The highest BCUT2D eigenvalue weighted by Crippen LogP contribution is 2.22. The minimum atomic E-state index is -0.603. The number of ether oxygens (including phenoxy) is 1. The van der Waals surface area contributed by atoms with Crippen LogP contribution in [0.2, 0.25) is 0 Å². The van der Waals surface area contributed by atoms with E-state index in [2.05, 4.69) is 15.1 Å². The molecule has 0 saturated carbocycles. The van der Waals surface area contributed by atoms with Gasteiger partial charge < -0.3 is 4.74 Å². The molecule has 4 aromatic rings. The number of fused-ring (bicyclic) bond motifs is 1. The summed E-state index contributed by atoms with van der Waals surface area (Å²) >= 11 is 1.43. The van der Waals surface area contributed by atoms with E-state index >= 15 is 0 Å². The normalized spacial score (nSPS) is 10.9. The second kappa shape index (κ2) is 7.08. The first-order valence-electron chi connectivity index (χ1n) is 8.12. The van der Waals surface area contributed by atoms with Crippen molar-refractivity contribution < 1.29 is 9.53 Å². The van der Waals surface area contributed by atoms with Crippen molar-refractivity contribution in [1.29, 1.82) is 0 Å². The van der Waals surface area contributed by atoms with Crippen LogP contribution >= 0.6 is 11.3 Å². The molecule has 7 nitrogen and oxygen atoms in total. The number of thiazole rings is 1. The third-order valence-electron chi connectivity index (χ3n) is 3.94. The number of hydrogen-bond acceptors (Lipinski definition) is 7. The van der Waals surface area contributed by atoms with E-state index in [-0.39, 0.29) is 17.9 Å². The van der Waals surface area contributed by atoms with Gasteiger partial charge in [0.1, 0.15) is 11.6 Å². The van der Waals surface area contributed by atoms with Gasteiger partial charge in [-0.2, -0.15) is 5.10 Å². The number of hydrogen-bond donors (Lipinski definition) is 0. The maximum atomic E-state index is 12.5. The third kappa shape index (κ3) is 3.34. The molecule has 0 saturated heterocycles. The highest BCUT2D eigenvalue weighted by Gasteiger charge is 2.17. The molecular formula is C19H14N4O3S. The van der Waals surface area contributed by atoms with E-state index in [9.17, 15) is 9.59 Å². The molecule has 4 rings (SSSR count). The SMILES string of the molecule is Cn1nc(C(=O)OCc2csc(-c3ccccn3)n2)c2ccccc2c1=O. The molecule has 3 aromatic heterocycles. The van der Waals surface area contributed by atoms with E-state index in [4.69, 9.17) is 4.74 Å². The standard InChI is InChI=1S/C19H14N4O3S/c1-23-18(24)14-7-3-2-6-13(14)16(22-23)19(25)26-10-12-11-27-17(21-12)15-8-4-5-9-20-15/h2-9,11H,10H2,1H3. The highest BCUT2D eigenvalue weighted by molar-refractivity contribution is 7.13. The summed E-state index contributed by atoms with van der Waals surface area (Å²) in [6, 6.07) is 12.4. The van der Waals surface area contributed by atoms with Crippen molar-refractivity contribution in [3.8, 4) is 10.7 Å². The Morgan fingerprint density at radius 3 is 2.70 bits per heavy atom. The molecule has 0 fully saturated rings. The van der Waals surface area contributed by atoms with Gasteiger partial charge in [-0.1, -0.05) is 24.3 Å². The van der Waals surface area contributed by atoms with Gasteiger partial charge in [0.15, 0.2) is 5.69 Å². The smallest absolute Gasteiger partial charge is 0.359 e. The first-order chi connectivity index (χ1) is 13.1. The van der Waals surface area contributed by atoms with Crippen LogP contribution in [0.15, 0.2) is 58.8 Å². The summed E-state index contributed by atoms with van der Waals surface area (Å²) in [5, 5.41) is 7.54. The number of nitrogens with zero attached hydrogens (tertiary/aromatic N) is 4. The van der Waals surface area contributed by atoms with Gasteiger partial charge in [0.05, 0.1) is 16.8 Å². The number of aromatic nitrogens is 4. The quantitative estimate of drug-likeness (QED) is 0.508. The molecule has 0 aliphatic rings. The fourth-order valence-electron chi connectivity index (χ4n) is 2.64. The predicted molar refractivity (Wildman–Crippen MR) is 101 cm³/mol. The molecule has 3 heterocycles. The molecule has 0 radical (unpaired) electrons. The van der Waals surface area contributed by atoms with Gasteiger partial charge in [-0.25, -0.2) is 14.5 Å². The van der Waals surface area contributed by atoms with Crippen LogP contribution in [0.4, 0.5) is 0 Å². The Morgan fingerprint density at radius 1 is 1.15 bits per heavy atom. The highest BCUT2D eigenvalue weighted by atomic mass is 32.1. The van der Waals surface area contributed by atoms with Crippen LogP contribution in [0.3, 0.4) is 0 Å². The van der Waals surface area contributed by atoms with Gasteiger partial charge in [-0.3, -0.25) is 9.78 Å². The Hall–Kier alpha value is -3.39. The Bertz CT molecular complexity index is 1180. The molecule has 0 bridgehead atoms. The van der Waals surface area contributed by atoms with Crippen molar-refractivity contribution in [2.45, 2.75) is 6.61 Å². The summed E-state index contributed by atoms with van der Waals surface area (Å²) < 4.78 is 6.51. The fourth-order valence-corrected chi connectivity index (χ4v) is 3.42. The van der Waals surface area contributed by atoms with E-state index in [1.165, 1.54) is 18.4 Å². The largest absolute Gasteiger partial charge is 0.454 e. The van der Waals surface area contributed by atoms with Crippen molar-refractivity contribution in [2.75, 3.05) is 0 Å². The number of carbonyl (C=O) groups is 1. The fraction of sp³-hybridized carbons (Fsp3) is 0.105. The van der Waals surface area contributed by atoms with Gasteiger partial charge >= 0.3 is 5.97 Å². The first-order valence-corrected chi connectivity index (χ1v) is 9.00. The molecular weight excluding hydrogens is 364 g/mol. The molecule has 8 heteroatoms. The van der Waals surface area contributed by atoms with Crippen LogP contribution in [0.25, 0.3) is 21.5 Å². The van der Waals surface area contributed by atoms with Crippen LogP contribution in [-0.4, -0.2) is 25.7 Å². The zero-order chi connectivity index (χ0) is 18.8. The minimum absolute atomic E-state index is 0.0149. The van der Waals surface area contributed by atoms with E-state index in [0.29, 0.717) is 16.5 Å². The lowest BCUT2D eigenvalue weighted by Crippen LogP contribution is -2.23. The lowest BCUT2D eigenvalue weighted by molar-refractivity contribution is 0.0461. The van der Waals surface area contributed by atoms with E-state index in [1.54, 1.807) is 30.5 Å². The summed E-state index contributed by atoms with van der Waals surface area (Å²) in [5.41, 5.74) is 1.24. The number of aryl methyl sites for hydroxylation is 1. The van der Waals surface area contributed by atoms with Crippen molar-refractivity contribution in [1.82, 2.24) is 19.7 Å². The molecule has 0 N–H and O–H groups in total. The number of rotatable bonds is 4. The molecule has 134 valence electrons. The lowest BCUT2D eigenvalue weighted by atomic mass is 10.1.